The van der Waals surface area contributed by atoms with Crippen LogP contribution in [-0.2, 0) is 55.9 Å². The number of carbonyl (C=O) groups excluding carboxylic acids is 4. The van der Waals surface area contributed by atoms with E-state index in [-0.39, 0.29) is 38.0 Å². The number of benzene rings is 1. The topological polar surface area (TPSA) is 216 Å². The maximum atomic E-state index is 12.5. The predicted octanol–water partition coefficient (Wildman–Crippen LogP) is 3.54. The van der Waals surface area contributed by atoms with Crippen molar-refractivity contribution in [1.29, 1.82) is 0 Å². The number of carboxylic acids is 2. The number of hydrogen-bond acceptors (Lipinski definition) is 13. The number of esters is 3. The number of ether oxygens (including phenoxy) is 6. The summed E-state index contributed by atoms with van der Waals surface area (Å²) in [6.45, 7) is 11.0. The van der Waals surface area contributed by atoms with E-state index < -0.39 is 54.3 Å². The number of hydrogen-bond donors (Lipinski definition) is 2. The third-order valence-electron chi connectivity index (χ3n) is 5.81. The second-order valence-corrected chi connectivity index (χ2v) is 10.8. The summed E-state index contributed by atoms with van der Waals surface area (Å²) < 4.78 is 34.7. The molecule has 266 valence electrons. The first-order valence-electron chi connectivity index (χ1n) is 14.9. The quantitative estimate of drug-likeness (QED) is 0.256. The van der Waals surface area contributed by atoms with Gasteiger partial charge in [0.2, 0.25) is 18.1 Å². The average molecular weight is 681 g/mol. The second kappa shape index (κ2) is 20.3. The minimum Gasteiger partial charge on any atom is -0.491 e. The van der Waals surface area contributed by atoms with E-state index in [9.17, 15) is 19.2 Å². The molecule has 3 rings (SSSR count). The fraction of sp³-hybridized carbons (Fsp3) is 0.531. The van der Waals surface area contributed by atoms with Gasteiger partial charge in [0.1, 0.15) is 25.1 Å². The van der Waals surface area contributed by atoms with Gasteiger partial charge in [0, 0.05) is 66.4 Å². The van der Waals surface area contributed by atoms with Crippen LogP contribution in [0.25, 0.3) is 0 Å². The Kier molecular flexibility index (Phi) is 17.3. The molecule has 0 spiro atoms. The van der Waals surface area contributed by atoms with Crippen molar-refractivity contribution in [3.05, 3.63) is 41.1 Å². The maximum Gasteiger partial charge on any atom is 0.303 e. The lowest BCUT2D eigenvalue weighted by Crippen LogP contribution is -2.42. The van der Waals surface area contributed by atoms with Crippen LogP contribution in [0.15, 0.2) is 24.3 Å². The van der Waals surface area contributed by atoms with Crippen LogP contribution in [0.3, 0.4) is 0 Å². The molecule has 1 saturated heterocycles. The van der Waals surface area contributed by atoms with E-state index in [1.807, 2.05) is 38.1 Å². The Morgan fingerprint density at radius 2 is 1.44 bits per heavy atom. The third kappa shape index (κ3) is 16.5. The maximum absolute atomic E-state index is 12.5. The van der Waals surface area contributed by atoms with Gasteiger partial charge in [-0.15, -0.1) is 5.10 Å². The molecule has 0 radical (unpaired) electrons. The molecule has 1 aliphatic rings. The van der Waals surface area contributed by atoms with Crippen LogP contribution in [-0.4, -0.2) is 87.0 Å². The van der Waals surface area contributed by atoms with E-state index in [1.54, 1.807) is 0 Å². The molecule has 0 saturated carbocycles. The van der Waals surface area contributed by atoms with Crippen LogP contribution >= 0.6 is 0 Å². The number of rotatable bonds is 11. The molecule has 16 heteroatoms. The molecule has 1 fully saturated rings. The Morgan fingerprint density at radius 1 is 0.875 bits per heavy atom. The third-order valence-corrected chi connectivity index (χ3v) is 5.81. The summed E-state index contributed by atoms with van der Waals surface area (Å²) >= 11 is 0. The Hall–Kier alpha value is -4.99. The van der Waals surface area contributed by atoms with Crippen molar-refractivity contribution in [1.82, 2.24) is 9.78 Å². The zero-order valence-electron chi connectivity index (χ0n) is 28.3. The Balaban J connectivity index is 0.00000129. The molecule has 0 aliphatic carbocycles. The van der Waals surface area contributed by atoms with Gasteiger partial charge in [-0.1, -0.05) is 12.1 Å². The molecule has 16 nitrogen and oxygen atoms in total. The molecule has 0 bridgehead atoms. The van der Waals surface area contributed by atoms with Crippen molar-refractivity contribution < 1.29 is 67.4 Å². The van der Waals surface area contributed by atoms with Crippen molar-refractivity contribution in [2.45, 2.75) is 106 Å². The van der Waals surface area contributed by atoms with E-state index in [2.05, 4.69) is 5.10 Å². The van der Waals surface area contributed by atoms with Crippen LogP contribution in [0.1, 0.15) is 89.8 Å². The minimum atomic E-state index is -0.934. The highest BCUT2D eigenvalue weighted by molar-refractivity contribution is 5.77. The van der Waals surface area contributed by atoms with Crippen LogP contribution in [0.4, 0.5) is 0 Å². The second-order valence-electron chi connectivity index (χ2n) is 10.8. The van der Waals surface area contributed by atoms with Crippen LogP contribution < -0.4 is 9.47 Å². The molecule has 3 atom stereocenters. The molecule has 1 aromatic heterocycles. The smallest absolute Gasteiger partial charge is 0.303 e. The highest BCUT2D eigenvalue weighted by atomic mass is 16.7. The van der Waals surface area contributed by atoms with Crippen LogP contribution in [0.5, 0.6) is 11.6 Å². The monoisotopic (exact) mass is 680 g/mol. The van der Waals surface area contributed by atoms with E-state index in [0.717, 1.165) is 24.1 Å². The molecule has 48 heavy (non-hydrogen) atoms. The first kappa shape index (κ1) is 41.0. The Morgan fingerprint density at radius 3 is 1.92 bits per heavy atom. The molecular formula is C32H44N2O14. The molecule has 0 unspecified atom stereocenters. The number of aliphatic carboxylic acids is 2. The zero-order chi connectivity index (χ0) is 36.6. The summed E-state index contributed by atoms with van der Waals surface area (Å²) in [4.78, 5) is 65.1. The predicted molar refractivity (Wildman–Crippen MR) is 166 cm³/mol. The standard InChI is InChI=1S/C28H36N2O10.2C2H4O2/c1-16(2)37-22-9-7-21(8-10-22)11-25-26(15-36-19(5)33)30(17(3)31)29-28(25)40-27-13-23(38-20(6)34)12-24(39-27)14-35-18(4)32;2*1-2(3)4/h7-10,16,23-24,27H,11-15H2,1-6H3;2*1H3,(H,3,4)/t23-,24-,27-;;/m0../s1. The van der Waals surface area contributed by atoms with Gasteiger partial charge in [0.05, 0.1) is 17.9 Å². The largest absolute Gasteiger partial charge is 0.491 e. The Bertz CT molecular complexity index is 1380. The van der Waals surface area contributed by atoms with Crippen molar-refractivity contribution in [2.75, 3.05) is 6.61 Å². The van der Waals surface area contributed by atoms with Crippen molar-refractivity contribution in [2.24, 2.45) is 0 Å². The molecular weight excluding hydrogens is 636 g/mol. The molecule has 2 heterocycles. The van der Waals surface area contributed by atoms with Gasteiger partial charge in [-0.2, -0.15) is 4.68 Å². The fourth-order valence-electron chi connectivity index (χ4n) is 4.25. The fourth-order valence-corrected chi connectivity index (χ4v) is 4.25. The number of aromatic nitrogens is 2. The number of carbonyl (C=O) groups is 6. The lowest BCUT2D eigenvalue weighted by Gasteiger charge is -2.34. The van der Waals surface area contributed by atoms with Gasteiger partial charge >= 0.3 is 17.9 Å². The number of carboxylic acid groups (broad SMARTS) is 2. The summed E-state index contributed by atoms with van der Waals surface area (Å²) in [6, 6.07) is 7.44. The molecule has 1 aromatic carbocycles. The molecule has 2 N–H and O–H groups in total. The molecule has 1 aliphatic heterocycles. The van der Waals surface area contributed by atoms with Crippen molar-refractivity contribution in [3.63, 3.8) is 0 Å². The summed E-state index contributed by atoms with van der Waals surface area (Å²) in [5, 5.41) is 19.2. The normalized spacial score (nSPS) is 16.6. The van der Waals surface area contributed by atoms with Gasteiger partial charge in [-0.3, -0.25) is 28.8 Å². The Labute approximate surface area is 278 Å². The summed E-state index contributed by atoms with van der Waals surface area (Å²) in [5.74, 6) is -2.73. The summed E-state index contributed by atoms with van der Waals surface area (Å²) in [6.07, 6.45) is -1.28. The number of nitrogens with zero attached hydrogens (tertiary/aromatic N) is 2. The van der Waals surface area contributed by atoms with E-state index in [0.29, 0.717) is 23.4 Å². The van der Waals surface area contributed by atoms with Gasteiger partial charge in [-0.25, -0.2) is 0 Å². The highest BCUT2D eigenvalue weighted by Crippen LogP contribution is 2.31. The van der Waals surface area contributed by atoms with Crippen LogP contribution in [0.2, 0.25) is 0 Å². The minimum absolute atomic E-state index is 0.0194. The zero-order valence-corrected chi connectivity index (χ0v) is 28.3. The van der Waals surface area contributed by atoms with Gasteiger partial charge in [0.25, 0.3) is 11.9 Å². The highest BCUT2D eigenvalue weighted by Gasteiger charge is 2.35. The first-order valence-corrected chi connectivity index (χ1v) is 14.9. The van der Waals surface area contributed by atoms with Crippen molar-refractivity contribution >= 4 is 35.8 Å². The summed E-state index contributed by atoms with van der Waals surface area (Å²) in [5.41, 5.74) is 1.73. The summed E-state index contributed by atoms with van der Waals surface area (Å²) in [7, 11) is 0. The lowest BCUT2D eigenvalue weighted by atomic mass is 10.0. The lowest BCUT2D eigenvalue weighted by molar-refractivity contribution is -0.202. The van der Waals surface area contributed by atoms with Gasteiger partial charge < -0.3 is 38.6 Å². The van der Waals surface area contributed by atoms with Gasteiger partial charge in [-0.05, 0) is 31.5 Å². The van der Waals surface area contributed by atoms with Gasteiger partial charge in [0.15, 0.2) is 0 Å². The average Bonchev–Trinajstić information content (AvgIpc) is 3.27. The molecule has 2 aromatic rings. The molecule has 0 amide bonds. The van der Waals surface area contributed by atoms with E-state index in [1.165, 1.54) is 27.7 Å². The van der Waals surface area contributed by atoms with Crippen molar-refractivity contribution in [3.8, 4) is 11.6 Å². The first-order chi connectivity index (χ1) is 22.4. The van der Waals surface area contributed by atoms with Crippen LogP contribution in [0, 0.1) is 0 Å². The van der Waals surface area contributed by atoms with E-state index >= 15 is 0 Å². The van der Waals surface area contributed by atoms with E-state index in [4.69, 9.17) is 48.2 Å². The SMILES string of the molecule is CC(=O)O.CC(=O)O.CC(=O)OCc1c(Cc2ccc(OC(C)C)cc2)c(O[C@H]2C[C@@H](OC(C)=O)C[C@@H](COC(C)=O)O2)nn1C(C)=O.